The predicted octanol–water partition coefficient (Wildman–Crippen LogP) is 4.19. The first-order chi connectivity index (χ1) is 18.0. The fraction of sp³-hybridized carbons (Fsp3) is 0.385. The Morgan fingerprint density at radius 1 is 1.18 bits per heavy atom. The van der Waals surface area contributed by atoms with E-state index in [-0.39, 0.29) is 23.7 Å². The van der Waals surface area contributed by atoms with Crippen molar-refractivity contribution in [3.05, 3.63) is 48.2 Å². The Kier molecular flexibility index (Phi) is 8.08. The van der Waals surface area contributed by atoms with Crippen LogP contribution in [0.25, 0.3) is 10.9 Å². The highest BCUT2D eigenvalue weighted by Gasteiger charge is 2.30. The van der Waals surface area contributed by atoms with Crippen LogP contribution in [0, 0.1) is 11.8 Å². The number of anilines is 2. The summed E-state index contributed by atoms with van der Waals surface area (Å²) in [6.45, 7) is -0.300. The van der Waals surface area contributed by atoms with E-state index < -0.39 is 34.8 Å². The fourth-order valence-corrected chi connectivity index (χ4v) is 5.01. The molecule has 1 saturated heterocycles. The van der Waals surface area contributed by atoms with E-state index in [9.17, 15) is 26.0 Å². The summed E-state index contributed by atoms with van der Waals surface area (Å²) in [5.41, 5.74) is 1.54. The highest BCUT2D eigenvalue weighted by Crippen LogP contribution is 2.31. The van der Waals surface area contributed by atoms with Crippen LogP contribution in [0.5, 0.6) is 5.75 Å². The van der Waals surface area contributed by atoms with Crippen molar-refractivity contribution in [2.24, 2.45) is 0 Å². The summed E-state index contributed by atoms with van der Waals surface area (Å²) in [4.78, 5) is 0.0932. The van der Waals surface area contributed by atoms with Crippen LogP contribution >= 0.6 is 0 Å². The van der Waals surface area contributed by atoms with Crippen molar-refractivity contribution in [1.29, 1.82) is 0 Å². The largest absolute Gasteiger partial charge is 0.495 e. The SMILES string of the molecule is COc1cc(S(C)(=O)=O)ccc1NCC#Cc1cc2c(NC3CCNCC3F)cccc2n1CC(F)(F)F. The number of nitrogens with one attached hydrogen (secondary N) is 3. The van der Waals surface area contributed by atoms with E-state index in [4.69, 9.17) is 4.74 Å². The minimum atomic E-state index is -4.47. The zero-order valence-corrected chi connectivity index (χ0v) is 21.6. The van der Waals surface area contributed by atoms with Gasteiger partial charge >= 0.3 is 6.18 Å². The average Bonchev–Trinajstić information content (AvgIpc) is 3.19. The molecule has 2 aromatic carbocycles. The molecule has 2 unspecified atom stereocenters. The number of methoxy groups -OCH3 is 1. The Morgan fingerprint density at radius 3 is 2.66 bits per heavy atom. The number of hydrogen-bond acceptors (Lipinski definition) is 6. The molecule has 0 aliphatic carbocycles. The second kappa shape index (κ2) is 11.1. The Hall–Kier alpha value is -3.43. The zero-order chi connectivity index (χ0) is 27.5. The summed E-state index contributed by atoms with van der Waals surface area (Å²) >= 11 is 0. The van der Waals surface area contributed by atoms with Gasteiger partial charge in [0.05, 0.1) is 41.5 Å². The second-order valence-electron chi connectivity index (χ2n) is 9.02. The molecule has 1 fully saturated rings. The lowest BCUT2D eigenvalue weighted by molar-refractivity contribution is -0.140. The topological polar surface area (TPSA) is 84.4 Å². The second-order valence-corrected chi connectivity index (χ2v) is 11.0. The van der Waals surface area contributed by atoms with E-state index in [2.05, 4.69) is 27.8 Å². The van der Waals surface area contributed by atoms with Gasteiger partial charge in [-0.25, -0.2) is 12.8 Å². The summed E-state index contributed by atoms with van der Waals surface area (Å²) in [6.07, 6.45) is -3.96. The van der Waals surface area contributed by atoms with Gasteiger partial charge in [-0.2, -0.15) is 13.2 Å². The smallest absolute Gasteiger partial charge is 0.406 e. The fourth-order valence-electron chi connectivity index (χ4n) is 4.37. The first kappa shape index (κ1) is 27.6. The number of alkyl halides is 4. The quantitative estimate of drug-likeness (QED) is 0.301. The number of ether oxygens (including phenoxy) is 1. The van der Waals surface area contributed by atoms with Gasteiger partial charge in [0, 0.05) is 29.9 Å². The van der Waals surface area contributed by atoms with Crippen molar-refractivity contribution < 1.29 is 30.7 Å². The number of fused-ring (bicyclic) bond motifs is 1. The van der Waals surface area contributed by atoms with Gasteiger partial charge in [-0.15, -0.1) is 0 Å². The van der Waals surface area contributed by atoms with Crippen LogP contribution in [-0.2, 0) is 16.4 Å². The lowest BCUT2D eigenvalue weighted by atomic mass is 10.0. The molecule has 12 heteroatoms. The Labute approximate surface area is 218 Å². The Bertz CT molecular complexity index is 1480. The van der Waals surface area contributed by atoms with E-state index >= 15 is 0 Å². The third-order valence-electron chi connectivity index (χ3n) is 6.22. The lowest BCUT2D eigenvalue weighted by Gasteiger charge is -2.28. The number of sulfone groups is 1. The minimum Gasteiger partial charge on any atom is -0.495 e. The minimum absolute atomic E-state index is 0.0613. The van der Waals surface area contributed by atoms with Crippen LogP contribution in [0.15, 0.2) is 47.4 Å². The van der Waals surface area contributed by atoms with Gasteiger partial charge in [0.1, 0.15) is 18.5 Å². The number of halogens is 4. The summed E-state index contributed by atoms with van der Waals surface area (Å²) < 4.78 is 84.6. The molecule has 0 bridgehead atoms. The maximum absolute atomic E-state index is 14.4. The Balaban J connectivity index is 1.61. The summed E-state index contributed by atoms with van der Waals surface area (Å²) in [6, 6.07) is 10.4. The first-order valence-electron chi connectivity index (χ1n) is 11.9. The number of benzene rings is 2. The molecule has 0 amide bonds. The van der Waals surface area contributed by atoms with Gasteiger partial charge in [-0.3, -0.25) is 0 Å². The molecule has 0 spiro atoms. The molecule has 1 aromatic heterocycles. The molecule has 4 rings (SSSR count). The standard InChI is InChI=1S/C26H28F4N4O3S/c1-37-25-14-18(38(2,35)36)8-9-23(25)32-11-4-5-17-13-19-21(33-22-10-12-31-15-20(22)27)6-3-7-24(19)34(17)16-26(28,29)30/h3,6-9,13-14,20,22,31-33H,10-12,15-16H2,1-2H3. The van der Waals surface area contributed by atoms with Crippen LogP contribution < -0.4 is 20.7 Å². The maximum atomic E-state index is 14.4. The van der Waals surface area contributed by atoms with Gasteiger partial charge in [-0.1, -0.05) is 12.0 Å². The van der Waals surface area contributed by atoms with E-state index in [1.54, 1.807) is 24.3 Å². The Morgan fingerprint density at radius 2 is 1.97 bits per heavy atom. The van der Waals surface area contributed by atoms with Crippen molar-refractivity contribution in [3.8, 4) is 17.6 Å². The highest BCUT2D eigenvalue weighted by molar-refractivity contribution is 7.90. The number of hydrogen-bond donors (Lipinski definition) is 3. The summed E-state index contributed by atoms with van der Waals surface area (Å²) in [7, 11) is -2.02. The number of rotatable bonds is 7. The van der Waals surface area contributed by atoms with Crippen LogP contribution in [0.4, 0.5) is 28.9 Å². The lowest BCUT2D eigenvalue weighted by Crippen LogP contribution is -2.45. The molecular formula is C26H28F4N4O3S. The van der Waals surface area contributed by atoms with Crippen molar-refractivity contribution in [2.75, 3.05) is 43.6 Å². The number of aromatic nitrogens is 1. The predicted molar refractivity (Wildman–Crippen MR) is 139 cm³/mol. The van der Waals surface area contributed by atoms with Crippen molar-refractivity contribution in [2.45, 2.75) is 36.3 Å². The molecule has 2 heterocycles. The maximum Gasteiger partial charge on any atom is 0.406 e. The summed E-state index contributed by atoms with van der Waals surface area (Å²) in [5, 5.41) is 9.67. The molecule has 3 N–H and O–H groups in total. The molecule has 7 nitrogen and oxygen atoms in total. The van der Waals surface area contributed by atoms with Gasteiger partial charge in [0.15, 0.2) is 9.84 Å². The van der Waals surface area contributed by atoms with Crippen molar-refractivity contribution in [1.82, 2.24) is 9.88 Å². The van der Waals surface area contributed by atoms with Crippen LogP contribution in [-0.4, -0.2) is 64.4 Å². The third kappa shape index (κ3) is 6.52. The zero-order valence-electron chi connectivity index (χ0n) is 20.8. The number of nitrogens with zero attached hydrogens (tertiary/aromatic N) is 1. The first-order valence-corrected chi connectivity index (χ1v) is 13.8. The van der Waals surface area contributed by atoms with Crippen molar-refractivity contribution in [3.63, 3.8) is 0 Å². The molecule has 2 atom stereocenters. The molecule has 0 radical (unpaired) electrons. The average molecular weight is 553 g/mol. The van der Waals surface area contributed by atoms with Gasteiger partial charge in [-0.05, 0) is 49.2 Å². The molecule has 0 saturated carbocycles. The van der Waals surface area contributed by atoms with Crippen LogP contribution in [0.3, 0.4) is 0 Å². The van der Waals surface area contributed by atoms with Crippen molar-refractivity contribution >= 4 is 32.1 Å². The van der Waals surface area contributed by atoms with E-state index in [0.29, 0.717) is 41.0 Å². The third-order valence-corrected chi connectivity index (χ3v) is 7.33. The molecule has 3 aromatic rings. The van der Waals surface area contributed by atoms with Gasteiger partial charge < -0.3 is 25.3 Å². The molecule has 1 aliphatic heterocycles. The molecule has 204 valence electrons. The monoisotopic (exact) mass is 552 g/mol. The highest BCUT2D eigenvalue weighted by atomic mass is 32.2. The molecule has 38 heavy (non-hydrogen) atoms. The van der Waals surface area contributed by atoms with Crippen LogP contribution in [0.1, 0.15) is 12.1 Å². The van der Waals surface area contributed by atoms with Gasteiger partial charge in [0.25, 0.3) is 0 Å². The van der Waals surface area contributed by atoms with Gasteiger partial charge in [0.2, 0.25) is 0 Å². The molecular weight excluding hydrogens is 524 g/mol. The van der Waals surface area contributed by atoms with Crippen LogP contribution in [0.2, 0.25) is 0 Å². The van der Waals surface area contributed by atoms with E-state index in [1.165, 1.54) is 25.3 Å². The molecule has 1 aliphatic rings. The van der Waals surface area contributed by atoms with E-state index in [1.807, 2.05) is 0 Å². The summed E-state index contributed by atoms with van der Waals surface area (Å²) in [5.74, 6) is 5.93. The van der Waals surface area contributed by atoms with E-state index in [0.717, 1.165) is 10.8 Å². The number of piperidine rings is 1. The normalized spacial score (nSPS) is 18.1.